The fourth-order valence-electron chi connectivity index (χ4n) is 8.30. The maximum atomic E-state index is 15.0. The van der Waals surface area contributed by atoms with E-state index in [0.29, 0.717) is 45.9 Å². The lowest BCUT2D eigenvalue weighted by atomic mass is 9.77. The average Bonchev–Trinajstić information content (AvgIpc) is 3.96. The van der Waals surface area contributed by atoms with Crippen LogP contribution in [0.5, 0.6) is 11.5 Å². The number of nitrogens with zero attached hydrogens (tertiary/aromatic N) is 3. The Hall–Kier alpha value is -4.37. The second-order valence-corrected chi connectivity index (χ2v) is 23.3. The number of methoxy groups -OCH3 is 1. The molecule has 13 nitrogen and oxygen atoms in total. The SMILES string of the molecule is C=C[C@@H]1C[C@]1(CC(=O)[C@@H]1CC(C)(Oc2cc(-c3nc(C(C)C)cs3)nc3c(C)c(OC)ccc23)CN1C(=O)[C@@H](CC(=O)OC(C)(C)C)C(C)(C)C)C(=O)NS(=O)(=O)C1(C)CC1. The average molecular weight is 879 g/mol. The molecular weight excluding hydrogens is 817 g/mol. The molecule has 332 valence electrons. The second-order valence-electron chi connectivity index (χ2n) is 20.2. The number of rotatable bonds is 15. The second kappa shape index (κ2) is 16.1. The van der Waals surface area contributed by atoms with Gasteiger partial charge in [0.1, 0.15) is 33.4 Å². The van der Waals surface area contributed by atoms with Crippen LogP contribution in [0.1, 0.15) is 125 Å². The van der Waals surface area contributed by atoms with Gasteiger partial charge in [0.15, 0.2) is 5.78 Å². The first kappa shape index (κ1) is 46.1. The smallest absolute Gasteiger partial charge is 0.307 e. The van der Waals surface area contributed by atoms with Gasteiger partial charge in [0, 0.05) is 35.2 Å². The number of aryl methyl sites for hydroxylation is 1. The number of fused-ring (bicyclic) bond motifs is 1. The number of carbonyl (C=O) groups is 4. The molecule has 15 heteroatoms. The van der Waals surface area contributed by atoms with Gasteiger partial charge in [-0.25, -0.2) is 18.4 Å². The van der Waals surface area contributed by atoms with Crippen molar-refractivity contribution in [2.75, 3.05) is 13.7 Å². The van der Waals surface area contributed by atoms with Crippen LogP contribution in [-0.4, -0.2) is 82.5 Å². The molecule has 1 aromatic carbocycles. The highest BCUT2D eigenvalue weighted by atomic mass is 32.2. The number of benzene rings is 1. The Morgan fingerprint density at radius 2 is 1.72 bits per heavy atom. The van der Waals surface area contributed by atoms with Gasteiger partial charge in [0.05, 0.1) is 53.4 Å². The first-order valence-corrected chi connectivity index (χ1v) is 23.4. The third-order valence-corrected chi connectivity index (χ3v) is 15.6. The van der Waals surface area contributed by atoms with Gasteiger partial charge >= 0.3 is 5.97 Å². The molecule has 3 heterocycles. The van der Waals surface area contributed by atoms with Crippen molar-refractivity contribution in [1.29, 1.82) is 0 Å². The Bertz CT molecular complexity index is 2370. The number of esters is 1. The number of pyridine rings is 1. The molecule has 3 fully saturated rings. The van der Waals surface area contributed by atoms with E-state index >= 15 is 4.79 Å². The number of thiazole rings is 1. The summed E-state index contributed by atoms with van der Waals surface area (Å²) in [6, 6.07) is 4.48. The zero-order valence-electron chi connectivity index (χ0n) is 37.7. The van der Waals surface area contributed by atoms with E-state index in [4.69, 9.17) is 24.2 Å². The lowest BCUT2D eigenvalue weighted by molar-refractivity contribution is -0.161. The molecule has 5 atom stereocenters. The maximum Gasteiger partial charge on any atom is 0.307 e. The van der Waals surface area contributed by atoms with E-state index in [9.17, 15) is 22.8 Å². The highest BCUT2D eigenvalue weighted by molar-refractivity contribution is 7.91. The minimum Gasteiger partial charge on any atom is -0.496 e. The quantitative estimate of drug-likeness (QED) is 0.116. The Balaban J connectivity index is 1.40. The minimum atomic E-state index is -3.99. The third-order valence-electron chi connectivity index (χ3n) is 12.5. The molecule has 2 saturated carbocycles. The first-order chi connectivity index (χ1) is 28.2. The van der Waals surface area contributed by atoms with E-state index < -0.39 is 78.2 Å². The van der Waals surface area contributed by atoms with Gasteiger partial charge in [-0.05, 0) is 90.2 Å². The van der Waals surface area contributed by atoms with Gasteiger partial charge in [-0.15, -0.1) is 17.9 Å². The molecule has 2 amide bonds. The lowest BCUT2D eigenvalue weighted by Gasteiger charge is -2.35. The number of Topliss-reactive ketones (excluding diaryl/α,β-unsaturated/α-hetero) is 1. The van der Waals surface area contributed by atoms with Crippen molar-refractivity contribution in [2.24, 2.45) is 22.7 Å². The Kier molecular flexibility index (Phi) is 12.2. The summed E-state index contributed by atoms with van der Waals surface area (Å²) in [4.78, 5) is 68.5. The topological polar surface area (TPSA) is 171 Å². The van der Waals surface area contributed by atoms with Crippen LogP contribution in [-0.2, 0) is 33.9 Å². The minimum absolute atomic E-state index is 0.0248. The third kappa shape index (κ3) is 9.38. The van der Waals surface area contributed by atoms with Crippen molar-refractivity contribution in [3.63, 3.8) is 0 Å². The molecule has 1 unspecified atom stereocenters. The molecular formula is C46H62N4O9S2. The number of ether oxygens (including phenoxy) is 3. The largest absolute Gasteiger partial charge is 0.496 e. The summed E-state index contributed by atoms with van der Waals surface area (Å²) in [6.07, 6.45) is 2.21. The first-order valence-electron chi connectivity index (χ1n) is 21.0. The summed E-state index contributed by atoms with van der Waals surface area (Å²) in [6.45, 7) is 24.2. The molecule has 2 aliphatic carbocycles. The van der Waals surface area contributed by atoms with E-state index in [1.165, 1.54) is 16.2 Å². The van der Waals surface area contributed by atoms with Crippen LogP contribution >= 0.6 is 11.3 Å². The van der Waals surface area contributed by atoms with E-state index in [-0.39, 0.29) is 38.1 Å². The maximum absolute atomic E-state index is 15.0. The van der Waals surface area contributed by atoms with Crippen molar-refractivity contribution in [1.82, 2.24) is 19.6 Å². The van der Waals surface area contributed by atoms with Crippen LogP contribution in [0.3, 0.4) is 0 Å². The summed E-state index contributed by atoms with van der Waals surface area (Å²) < 4.78 is 46.0. The van der Waals surface area contributed by atoms with Crippen molar-refractivity contribution < 1.29 is 41.8 Å². The van der Waals surface area contributed by atoms with Crippen molar-refractivity contribution in [3.8, 4) is 22.2 Å². The highest BCUT2D eigenvalue weighted by Crippen LogP contribution is 2.57. The molecule has 1 aliphatic heterocycles. The predicted molar refractivity (Wildman–Crippen MR) is 236 cm³/mol. The molecule has 0 radical (unpaired) electrons. The number of allylic oxidation sites excluding steroid dienone is 1. The Morgan fingerprint density at radius 3 is 2.26 bits per heavy atom. The monoisotopic (exact) mass is 878 g/mol. The summed E-state index contributed by atoms with van der Waals surface area (Å²) in [5.74, 6) is -2.11. The Morgan fingerprint density at radius 1 is 1.05 bits per heavy atom. The van der Waals surface area contributed by atoms with Crippen LogP contribution in [0.15, 0.2) is 36.2 Å². The number of likely N-dealkylation sites (tertiary alicyclic amines) is 1. The fourth-order valence-corrected chi connectivity index (χ4v) is 10.6. The number of aromatic nitrogens is 2. The van der Waals surface area contributed by atoms with Crippen LogP contribution in [0.25, 0.3) is 21.6 Å². The molecule has 3 aromatic rings. The van der Waals surface area contributed by atoms with Gasteiger partial charge in [-0.3, -0.25) is 23.9 Å². The fraction of sp³-hybridized carbons (Fsp3) is 0.609. The number of carbonyl (C=O) groups excluding carboxylic acids is 4. The number of sulfonamides is 1. The van der Waals surface area contributed by atoms with Gasteiger partial charge in [0.2, 0.25) is 21.8 Å². The highest BCUT2D eigenvalue weighted by Gasteiger charge is 2.63. The normalized spacial score (nSPS) is 24.0. The van der Waals surface area contributed by atoms with Crippen molar-refractivity contribution >= 4 is 55.8 Å². The number of ketones is 1. The molecule has 0 bridgehead atoms. The van der Waals surface area contributed by atoms with E-state index in [1.54, 1.807) is 40.9 Å². The summed E-state index contributed by atoms with van der Waals surface area (Å²) in [7, 11) is -2.39. The van der Waals surface area contributed by atoms with Crippen molar-refractivity contribution in [2.45, 2.75) is 143 Å². The molecule has 61 heavy (non-hydrogen) atoms. The zero-order chi connectivity index (χ0) is 45.2. The predicted octanol–water partition coefficient (Wildman–Crippen LogP) is 8.08. The molecule has 3 aliphatic rings. The van der Waals surface area contributed by atoms with Crippen LogP contribution in [0.2, 0.25) is 0 Å². The van der Waals surface area contributed by atoms with Crippen LogP contribution < -0.4 is 14.2 Å². The summed E-state index contributed by atoms with van der Waals surface area (Å²) in [5, 5.41) is 3.41. The Labute approximate surface area is 364 Å². The number of amides is 2. The van der Waals surface area contributed by atoms with Gasteiger partial charge < -0.3 is 19.1 Å². The molecule has 6 rings (SSSR count). The molecule has 2 aromatic heterocycles. The zero-order valence-corrected chi connectivity index (χ0v) is 39.3. The van der Waals surface area contributed by atoms with Gasteiger partial charge in [-0.1, -0.05) is 40.7 Å². The van der Waals surface area contributed by atoms with Crippen LogP contribution in [0, 0.1) is 29.6 Å². The summed E-state index contributed by atoms with van der Waals surface area (Å²) >= 11 is 1.48. The molecule has 1 saturated heterocycles. The van der Waals surface area contributed by atoms with Gasteiger partial charge in [-0.2, -0.15) is 0 Å². The molecule has 1 N–H and O–H groups in total. The number of hydrogen-bond donors (Lipinski definition) is 1. The number of hydrogen-bond acceptors (Lipinski definition) is 12. The van der Waals surface area contributed by atoms with E-state index in [1.807, 2.05) is 58.2 Å². The number of nitrogens with one attached hydrogen (secondary N) is 1. The van der Waals surface area contributed by atoms with E-state index in [2.05, 4.69) is 25.1 Å². The van der Waals surface area contributed by atoms with Gasteiger partial charge in [0.25, 0.3) is 0 Å². The summed E-state index contributed by atoms with van der Waals surface area (Å²) in [5.41, 5.74) is -1.04. The standard InChI is InChI=1S/C46H62N4O9S2/c1-14-28-21-46(28,41(54)49-61(55,56)45(12)17-18-45)23-34(51)33-22-44(11,25-50(33)40(53)30(42(5,6)7)19-37(52)59-43(8,9)10)58-36-20-31(39-48-32(24-60-39)26(2)3)47-38-27(4)35(57-13)16-15-29(36)38/h14-16,20,24,26,28,30,33H,1,17-19,21-23,25H2,2-13H3,(H,49,54)/t28-,30-,33+,44?,46-/m1/s1. The van der Waals surface area contributed by atoms with E-state index in [0.717, 1.165) is 11.3 Å². The van der Waals surface area contributed by atoms with Crippen LogP contribution in [0.4, 0.5) is 0 Å². The lowest BCUT2D eigenvalue weighted by Crippen LogP contribution is -2.49. The molecule has 0 spiro atoms. The van der Waals surface area contributed by atoms with Crippen molar-refractivity contribution in [3.05, 3.63) is 47.5 Å².